The van der Waals surface area contributed by atoms with Crippen molar-refractivity contribution in [3.05, 3.63) is 97.1 Å². The lowest BCUT2D eigenvalue weighted by Crippen LogP contribution is -2.48. The Morgan fingerprint density at radius 1 is 1.04 bits per heavy atom. The van der Waals surface area contributed by atoms with E-state index in [1.54, 1.807) is 18.2 Å². The van der Waals surface area contributed by atoms with Crippen molar-refractivity contribution in [2.24, 2.45) is 0 Å². The van der Waals surface area contributed by atoms with E-state index >= 15 is 0 Å². The Balaban J connectivity index is 1.23. The summed E-state index contributed by atoms with van der Waals surface area (Å²) in [5.41, 5.74) is 4.92. The molecule has 0 spiro atoms. The number of carbonyl (C=O) groups excluding carboxylic acids is 1. The smallest absolute Gasteiger partial charge is 0.247 e. The molecule has 1 amide bonds. The Bertz CT molecular complexity index is 1780. The van der Waals surface area contributed by atoms with Crippen LogP contribution in [0.3, 0.4) is 0 Å². The molecule has 12 heteroatoms. The first kappa shape index (κ1) is 33.8. The number of aromatic nitrogens is 2. The molecule has 1 aromatic heterocycles. The molecule has 49 heavy (non-hydrogen) atoms. The normalized spacial score (nSPS) is 16.6. The number of carbonyl (C=O) groups is 1. The van der Waals surface area contributed by atoms with Crippen molar-refractivity contribution < 1.29 is 18.8 Å². The lowest BCUT2D eigenvalue weighted by atomic mass is 9.98. The molecule has 1 atom stereocenters. The quantitative estimate of drug-likeness (QED) is 0.183. The molecule has 0 aliphatic carbocycles. The summed E-state index contributed by atoms with van der Waals surface area (Å²) in [5.74, 6) is 1.13. The van der Waals surface area contributed by atoms with Crippen LogP contribution in [-0.2, 0) is 9.63 Å². The second-order valence-corrected chi connectivity index (χ2v) is 12.4. The minimum absolute atomic E-state index is 0.103. The number of piperazine rings is 1. The first-order valence-corrected chi connectivity index (χ1v) is 16.5. The number of benzene rings is 3. The van der Waals surface area contributed by atoms with E-state index in [9.17, 15) is 9.18 Å². The van der Waals surface area contributed by atoms with Crippen LogP contribution in [0.5, 0.6) is 5.75 Å². The zero-order valence-corrected chi connectivity index (χ0v) is 28.2. The second-order valence-electron chi connectivity index (χ2n) is 12.4. The Kier molecular flexibility index (Phi) is 10.7. The summed E-state index contributed by atoms with van der Waals surface area (Å²) in [6, 6.07) is 20.2. The Labute approximate surface area is 286 Å². The van der Waals surface area contributed by atoms with Gasteiger partial charge in [0.1, 0.15) is 23.7 Å². The van der Waals surface area contributed by atoms with E-state index in [1.165, 1.54) is 24.5 Å². The third-order valence-corrected chi connectivity index (χ3v) is 8.81. The number of likely N-dealkylation sites (N-methyl/N-ethyl adjacent to an activating group) is 1. The highest BCUT2D eigenvalue weighted by molar-refractivity contribution is 6.02. The molecule has 2 aliphatic heterocycles. The van der Waals surface area contributed by atoms with Crippen LogP contribution >= 0.6 is 0 Å². The van der Waals surface area contributed by atoms with Crippen molar-refractivity contribution in [3.63, 3.8) is 0 Å². The predicted octanol–water partition coefficient (Wildman–Crippen LogP) is 5.73. The lowest BCUT2D eigenvalue weighted by molar-refractivity contribution is -0.111. The summed E-state index contributed by atoms with van der Waals surface area (Å²) in [6.45, 7) is 9.66. The number of hydroxylamine groups is 1. The fourth-order valence-electron chi connectivity index (χ4n) is 6.20. The van der Waals surface area contributed by atoms with Gasteiger partial charge in [-0.25, -0.2) is 19.4 Å². The van der Waals surface area contributed by atoms with E-state index < -0.39 is 0 Å². The van der Waals surface area contributed by atoms with Crippen molar-refractivity contribution in [2.75, 3.05) is 87.7 Å². The number of ether oxygens (including phenoxy) is 1. The minimum atomic E-state index is -0.301. The van der Waals surface area contributed by atoms with Crippen LogP contribution in [0.1, 0.15) is 18.0 Å². The average molecular weight is 667 g/mol. The van der Waals surface area contributed by atoms with Crippen LogP contribution in [0.2, 0.25) is 0 Å². The topological polar surface area (TPSA) is 98.3 Å². The van der Waals surface area contributed by atoms with Crippen molar-refractivity contribution in [2.45, 2.75) is 12.5 Å². The lowest BCUT2D eigenvalue weighted by Gasteiger charge is -2.37. The molecule has 0 radical (unpaired) electrons. The fraction of sp³-hybridized carbons (Fsp3) is 0.324. The van der Waals surface area contributed by atoms with Crippen LogP contribution in [0.25, 0.3) is 11.1 Å². The van der Waals surface area contributed by atoms with Crippen molar-refractivity contribution in [3.8, 4) is 16.9 Å². The highest BCUT2D eigenvalue weighted by Crippen LogP contribution is 2.40. The van der Waals surface area contributed by atoms with Crippen LogP contribution < -0.4 is 25.3 Å². The molecule has 0 saturated carbocycles. The van der Waals surface area contributed by atoms with Crippen LogP contribution in [0, 0.1) is 5.82 Å². The molecule has 11 nitrogen and oxygen atoms in total. The summed E-state index contributed by atoms with van der Waals surface area (Å²) in [4.78, 5) is 34.5. The van der Waals surface area contributed by atoms with E-state index in [0.717, 1.165) is 68.1 Å². The third-order valence-electron chi connectivity index (χ3n) is 8.81. The minimum Gasteiger partial charge on any atom is -0.494 e. The van der Waals surface area contributed by atoms with Gasteiger partial charge >= 0.3 is 0 Å². The number of nitrogens with zero attached hydrogens (tertiary/aromatic N) is 6. The van der Waals surface area contributed by atoms with Gasteiger partial charge in [-0.05, 0) is 61.1 Å². The molecular formula is C37H43FN8O3. The van der Waals surface area contributed by atoms with Crippen LogP contribution in [0.4, 0.5) is 33.1 Å². The monoisotopic (exact) mass is 666 g/mol. The van der Waals surface area contributed by atoms with E-state index in [0.29, 0.717) is 35.4 Å². The number of rotatable bonds is 12. The SMILES string of the molecule is C=CC(=O)Nc1cc(Nc2cc(N3OCCC3c3cccc(-c4cccc(F)c4)c3)ncn2)c(OC)cc1N1CCN(CCN(C)C)CC1. The van der Waals surface area contributed by atoms with Crippen LogP contribution in [-0.4, -0.2) is 92.8 Å². The molecule has 2 saturated heterocycles. The molecule has 256 valence electrons. The maximum atomic E-state index is 14.0. The molecule has 3 aromatic carbocycles. The first-order valence-electron chi connectivity index (χ1n) is 16.5. The molecule has 2 fully saturated rings. The zero-order chi connectivity index (χ0) is 34.3. The summed E-state index contributed by atoms with van der Waals surface area (Å²) in [5, 5.41) is 8.16. The molecular weight excluding hydrogens is 623 g/mol. The van der Waals surface area contributed by atoms with Gasteiger partial charge in [-0.3, -0.25) is 14.5 Å². The summed E-state index contributed by atoms with van der Waals surface area (Å²) in [7, 11) is 5.80. The molecule has 2 aliphatic rings. The van der Waals surface area contributed by atoms with Crippen molar-refractivity contribution in [1.29, 1.82) is 0 Å². The average Bonchev–Trinajstić information content (AvgIpc) is 3.62. The van der Waals surface area contributed by atoms with E-state index in [1.807, 2.05) is 42.5 Å². The van der Waals surface area contributed by atoms with E-state index in [4.69, 9.17) is 9.57 Å². The van der Waals surface area contributed by atoms with E-state index in [-0.39, 0.29) is 17.8 Å². The molecule has 4 aromatic rings. The maximum absolute atomic E-state index is 14.0. The number of hydrogen-bond acceptors (Lipinski definition) is 10. The third kappa shape index (κ3) is 8.16. The molecule has 1 unspecified atom stereocenters. The Morgan fingerprint density at radius 3 is 2.55 bits per heavy atom. The summed E-state index contributed by atoms with van der Waals surface area (Å²) >= 11 is 0. The van der Waals surface area contributed by atoms with Gasteiger partial charge in [0.05, 0.1) is 36.8 Å². The molecule has 3 heterocycles. The second kappa shape index (κ2) is 15.5. The number of nitrogens with one attached hydrogen (secondary N) is 2. The standard InChI is InChI=1S/C37H43FN8O3/c1-5-37(47)42-30-22-31(34(48-4)23-33(30)45-17-15-44(16-18-45)14-13-43(2)3)41-35-24-36(40-25-39-35)46-32(12-19-49-46)28-10-6-8-26(20-28)27-9-7-11-29(38)21-27/h5-11,20-25,32H,1,12-19H2,2-4H3,(H,42,47)(H,39,40,41). The van der Waals surface area contributed by atoms with Gasteiger partial charge in [0.15, 0.2) is 5.82 Å². The fourth-order valence-corrected chi connectivity index (χ4v) is 6.20. The summed E-state index contributed by atoms with van der Waals surface area (Å²) < 4.78 is 19.8. The van der Waals surface area contributed by atoms with Gasteiger partial charge in [0, 0.05) is 57.8 Å². The van der Waals surface area contributed by atoms with Gasteiger partial charge in [0.2, 0.25) is 5.91 Å². The predicted molar refractivity (Wildman–Crippen MR) is 192 cm³/mol. The largest absolute Gasteiger partial charge is 0.494 e. The Morgan fingerprint density at radius 2 is 1.82 bits per heavy atom. The highest BCUT2D eigenvalue weighted by Gasteiger charge is 2.30. The van der Waals surface area contributed by atoms with Gasteiger partial charge in [-0.2, -0.15) is 0 Å². The number of anilines is 5. The number of hydrogen-bond donors (Lipinski definition) is 2. The number of amides is 1. The van der Waals surface area contributed by atoms with Gasteiger partial charge in [-0.1, -0.05) is 36.9 Å². The zero-order valence-electron chi connectivity index (χ0n) is 28.2. The number of halogens is 1. The van der Waals surface area contributed by atoms with E-state index in [2.05, 4.69) is 62.0 Å². The molecule has 2 N–H and O–H groups in total. The first-order chi connectivity index (χ1) is 23.8. The van der Waals surface area contributed by atoms with Gasteiger partial charge in [0.25, 0.3) is 0 Å². The van der Waals surface area contributed by atoms with Crippen LogP contribution in [0.15, 0.2) is 85.7 Å². The molecule has 0 bridgehead atoms. The number of methoxy groups -OCH3 is 1. The molecule has 6 rings (SSSR count). The van der Waals surface area contributed by atoms with Gasteiger partial charge in [-0.15, -0.1) is 0 Å². The Hall–Kier alpha value is -5.04. The van der Waals surface area contributed by atoms with Crippen molar-refractivity contribution >= 4 is 34.6 Å². The summed E-state index contributed by atoms with van der Waals surface area (Å²) in [6.07, 6.45) is 3.50. The highest BCUT2D eigenvalue weighted by atomic mass is 19.1. The maximum Gasteiger partial charge on any atom is 0.247 e. The van der Waals surface area contributed by atoms with Gasteiger partial charge < -0.3 is 25.2 Å². The van der Waals surface area contributed by atoms with Crippen molar-refractivity contribution in [1.82, 2.24) is 19.8 Å².